The Kier molecular flexibility index (Phi) is 3.93. The van der Waals surface area contributed by atoms with Crippen molar-refractivity contribution < 1.29 is 4.39 Å². The minimum absolute atomic E-state index is 0.335. The second-order valence-electron chi connectivity index (χ2n) is 4.80. The fourth-order valence-electron chi connectivity index (χ4n) is 1.99. The van der Waals surface area contributed by atoms with Gasteiger partial charge in [0, 0.05) is 11.1 Å². The first-order valence-corrected chi connectivity index (χ1v) is 7.09. The maximum absolute atomic E-state index is 13.6. The Morgan fingerprint density at radius 3 is 2.64 bits per heavy atom. The normalized spacial score (nSPS) is 11.2. The number of nitrogens with one attached hydrogen (secondary N) is 1. The van der Waals surface area contributed by atoms with Crippen molar-refractivity contribution in [2.45, 2.75) is 6.92 Å². The van der Waals surface area contributed by atoms with Gasteiger partial charge in [0.25, 0.3) is 0 Å². The van der Waals surface area contributed by atoms with E-state index < -0.39 is 0 Å². The topological polar surface area (TPSA) is 46.0 Å². The number of H-pyrrole nitrogens is 1. The van der Waals surface area contributed by atoms with Gasteiger partial charge < -0.3 is 0 Å². The van der Waals surface area contributed by atoms with Gasteiger partial charge in [-0.25, -0.2) is 9.49 Å². The van der Waals surface area contributed by atoms with Crippen LogP contribution in [0.15, 0.2) is 53.6 Å². The number of benzene rings is 2. The fraction of sp³-hybridized carbons (Fsp3) is 0.0625. The molecule has 22 heavy (non-hydrogen) atoms. The minimum atomic E-state index is -0.335. The Hall–Kier alpha value is -2.60. The molecule has 0 radical (unpaired) electrons. The van der Waals surface area contributed by atoms with Gasteiger partial charge in [0.05, 0.1) is 6.21 Å². The van der Waals surface area contributed by atoms with Crippen LogP contribution in [0.1, 0.15) is 11.1 Å². The lowest BCUT2D eigenvalue weighted by Gasteiger charge is -2.02. The maximum atomic E-state index is 13.6. The molecule has 0 amide bonds. The van der Waals surface area contributed by atoms with Crippen LogP contribution in [0.5, 0.6) is 0 Å². The van der Waals surface area contributed by atoms with Crippen molar-refractivity contribution >= 4 is 18.4 Å². The van der Waals surface area contributed by atoms with Crippen LogP contribution in [-0.4, -0.2) is 21.1 Å². The highest BCUT2D eigenvalue weighted by molar-refractivity contribution is 7.71. The number of aromatic nitrogens is 3. The molecule has 4 nitrogen and oxygen atoms in total. The number of hydrogen-bond acceptors (Lipinski definition) is 3. The lowest BCUT2D eigenvalue weighted by atomic mass is 10.1. The van der Waals surface area contributed by atoms with Crippen LogP contribution in [0.3, 0.4) is 0 Å². The van der Waals surface area contributed by atoms with Gasteiger partial charge in [-0.1, -0.05) is 48.0 Å². The predicted molar refractivity (Wildman–Crippen MR) is 87.0 cm³/mol. The number of halogens is 1. The molecule has 0 aliphatic carbocycles. The molecule has 0 bridgehead atoms. The van der Waals surface area contributed by atoms with E-state index >= 15 is 0 Å². The molecular formula is C16H13FN4S. The smallest absolute Gasteiger partial charge is 0.216 e. The van der Waals surface area contributed by atoms with Crippen LogP contribution >= 0.6 is 12.2 Å². The zero-order valence-corrected chi connectivity index (χ0v) is 12.6. The molecule has 1 heterocycles. The van der Waals surface area contributed by atoms with Gasteiger partial charge in [0.15, 0.2) is 5.82 Å². The van der Waals surface area contributed by atoms with E-state index in [2.05, 4.69) is 15.3 Å². The van der Waals surface area contributed by atoms with E-state index in [0.29, 0.717) is 16.2 Å². The van der Waals surface area contributed by atoms with Gasteiger partial charge >= 0.3 is 0 Å². The summed E-state index contributed by atoms with van der Waals surface area (Å²) >= 11 is 5.18. The van der Waals surface area contributed by atoms with Crippen LogP contribution in [0, 0.1) is 17.5 Å². The second kappa shape index (κ2) is 6.03. The van der Waals surface area contributed by atoms with E-state index in [9.17, 15) is 4.39 Å². The van der Waals surface area contributed by atoms with Gasteiger partial charge in [0.1, 0.15) is 5.82 Å². The van der Waals surface area contributed by atoms with Crippen molar-refractivity contribution in [3.8, 4) is 11.4 Å². The Labute approximate surface area is 131 Å². The highest BCUT2D eigenvalue weighted by Gasteiger charge is 2.08. The highest BCUT2D eigenvalue weighted by Crippen LogP contribution is 2.17. The SMILES string of the molecule is Cc1ccc(-c2n[nH]c(=S)n2N=Cc2ccccc2F)cc1. The molecule has 3 aromatic rings. The van der Waals surface area contributed by atoms with Gasteiger partial charge in [-0.3, -0.25) is 0 Å². The van der Waals surface area contributed by atoms with Crippen molar-refractivity contribution in [1.29, 1.82) is 0 Å². The van der Waals surface area contributed by atoms with Crippen molar-refractivity contribution in [3.05, 3.63) is 70.2 Å². The van der Waals surface area contributed by atoms with Crippen LogP contribution in [0.2, 0.25) is 0 Å². The van der Waals surface area contributed by atoms with Gasteiger partial charge in [0.2, 0.25) is 4.77 Å². The van der Waals surface area contributed by atoms with Crippen LogP contribution in [-0.2, 0) is 0 Å². The van der Waals surface area contributed by atoms with E-state index in [1.807, 2.05) is 31.2 Å². The number of aryl methyl sites for hydroxylation is 1. The Bertz CT molecular complexity index is 878. The summed E-state index contributed by atoms with van der Waals surface area (Å²) in [4.78, 5) is 0. The van der Waals surface area contributed by atoms with E-state index in [1.54, 1.807) is 18.2 Å². The molecule has 2 aromatic carbocycles. The summed E-state index contributed by atoms with van der Waals surface area (Å²) in [7, 11) is 0. The molecule has 0 spiro atoms. The number of aromatic amines is 1. The van der Waals surface area contributed by atoms with Gasteiger partial charge in [-0.05, 0) is 25.2 Å². The number of hydrogen-bond donors (Lipinski definition) is 1. The molecule has 6 heteroatoms. The van der Waals surface area contributed by atoms with Gasteiger partial charge in [-0.15, -0.1) is 0 Å². The Morgan fingerprint density at radius 1 is 1.18 bits per heavy atom. The molecule has 110 valence electrons. The van der Waals surface area contributed by atoms with Gasteiger partial charge in [-0.2, -0.15) is 14.9 Å². The monoisotopic (exact) mass is 312 g/mol. The third-order valence-electron chi connectivity index (χ3n) is 3.18. The summed E-state index contributed by atoms with van der Waals surface area (Å²) in [5, 5.41) is 11.1. The molecule has 0 saturated carbocycles. The summed E-state index contributed by atoms with van der Waals surface area (Å²) in [6, 6.07) is 14.3. The Balaban J connectivity index is 2.01. The molecular weight excluding hydrogens is 299 g/mol. The van der Waals surface area contributed by atoms with Crippen LogP contribution in [0.25, 0.3) is 11.4 Å². The lowest BCUT2D eigenvalue weighted by Crippen LogP contribution is -1.96. The lowest BCUT2D eigenvalue weighted by molar-refractivity contribution is 0.625. The number of rotatable bonds is 3. The molecule has 0 fully saturated rings. The Morgan fingerprint density at radius 2 is 1.91 bits per heavy atom. The summed E-state index contributed by atoms with van der Waals surface area (Å²) < 4.78 is 15.5. The minimum Gasteiger partial charge on any atom is -0.250 e. The molecule has 0 unspecified atom stereocenters. The second-order valence-corrected chi connectivity index (χ2v) is 5.18. The zero-order valence-electron chi connectivity index (χ0n) is 11.8. The first-order chi connectivity index (χ1) is 10.6. The van der Waals surface area contributed by atoms with E-state index in [1.165, 1.54) is 17.0 Å². The summed E-state index contributed by atoms with van der Waals surface area (Å²) in [6.07, 6.45) is 1.43. The third-order valence-corrected chi connectivity index (χ3v) is 3.44. The summed E-state index contributed by atoms with van der Waals surface area (Å²) in [5.41, 5.74) is 2.42. The van der Waals surface area contributed by atoms with E-state index in [0.717, 1.165) is 11.1 Å². The highest BCUT2D eigenvalue weighted by atomic mass is 32.1. The summed E-state index contributed by atoms with van der Waals surface area (Å²) in [6.45, 7) is 2.01. The first-order valence-electron chi connectivity index (χ1n) is 6.68. The van der Waals surface area contributed by atoms with Crippen LogP contribution in [0.4, 0.5) is 4.39 Å². The van der Waals surface area contributed by atoms with Crippen molar-refractivity contribution in [3.63, 3.8) is 0 Å². The third kappa shape index (κ3) is 2.87. The van der Waals surface area contributed by atoms with Crippen molar-refractivity contribution in [2.24, 2.45) is 5.10 Å². The zero-order chi connectivity index (χ0) is 15.5. The molecule has 1 aromatic heterocycles. The van der Waals surface area contributed by atoms with E-state index in [4.69, 9.17) is 12.2 Å². The van der Waals surface area contributed by atoms with Crippen molar-refractivity contribution in [2.75, 3.05) is 0 Å². The fourth-order valence-corrected chi connectivity index (χ4v) is 2.17. The number of nitrogens with zero attached hydrogens (tertiary/aromatic N) is 3. The van der Waals surface area contributed by atoms with Crippen molar-refractivity contribution in [1.82, 2.24) is 14.9 Å². The molecule has 0 aliphatic heterocycles. The molecule has 0 saturated heterocycles. The standard InChI is InChI=1S/C16H13FN4S/c1-11-6-8-12(9-7-11)15-19-20-16(22)21(15)18-10-13-4-2-3-5-14(13)17/h2-10H,1H3,(H,20,22). The first kappa shape index (κ1) is 14.3. The summed E-state index contributed by atoms with van der Waals surface area (Å²) in [5.74, 6) is 0.246. The molecule has 0 aliphatic rings. The largest absolute Gasteiger partial charge is 0.250 e. The maximum Gasteiger partial charge on any atom is 0.216 e. The quantitative estimate of drug-likeness (QED) is 0.588. The van der Waals surface area contributed by atoms with E-state index in [-0.39, 0.29) is 5.82 Å². The average molecular weight is 312 g/mol. The molecule has 3 rings (SSSR count). The molecule has 0 atom stereocenters. The predicted octanol–water partition coefficient (Wildman–Crippen LogP) is 3.94. The average Bonchev–Trinajstić information content (AvgIpc) is 2.88. The van der Waals surface area contributed by atoms with Crippen LogP contribution < -0.4 is 0 Å². The molecule has 1 N–H and O–H groups in total.